The first-order valence-corrected chi connectivity index (χ1v) is 30.7. The number of hydrogen-bond acceptors (Lipinski definition) is 11. The summed E-state index contributed by atoms with van der Waals surface area (Å²) in [4.78, 5) is 55.1. The van der Waals surface area contributed by atoms with Crippen LogP contribution >= 0.6 is 61.2 Å². The third kappa shape index (κ3) is 22.4. The number of aliphatic hydroxyl groups is 1. The van der Waals surface area contributed by atoms with Gasteiger partial charge in [-0.05, 0) is 64.3 Å². The Bertz CT molecular complexity index is 1890. The second-order valence-electron chi connectivity index (χ2n) is 13.0. The van der Waals surface area contributed by atoms with Gasteiger partial charge >= 0.3 is 68.7 Å². The fourth-order valence-electron chi connectivity index (χ4n) is 5.27. The van der Waals surface area contributed by atoms with Gasteiger partial charge < -0.3 is 41.5 Å². The third-order valence-corrected chi connectivity index (χ3v) is 8.49. The number of carbonyl (C=O) groups excluding carboxylic acids is 4. The van der Waals surface area contributed by atoms with Gasteiger partial charge in [0.1, 0.15) is 0 Å². The van der Waals surface area contributed by atoms with E-state index in [4.69, 9.17) is 14.7 Å². The van der Waals surface area contributed by atoms with Crippen molar-refractivity contribution in [1.82, 2.24) is 30.0 Å². The van der Waals surface area contributed by atoms with Crippen molar-refractivity contribution >= 4 is 102 Å². The van der Waals surface area contributed by atoms with E-state index in [1.165, 1.54) is 31.4 Å². The quantitative estimate of drug-likeness (QED) is 0.148. The second kappa shape index (κ2) is 32.0. The average molecular weight is 1290 g/mol. The SMILES string of the molecule is CN1CCNCC1.Cc1ccc(NC(=O)Nc2cccc(CN3CCN(C)CC3)c2F)cn1.Cc1ccc(NC(=O)Nc2cccc(CO)c2F)cn1.I.I[I-]I.O=C=O. The van der Waals surface area contributed by atoms with E-state index >= 15 is 0 Å². The Morgan fingerprint density at radius 2 is 1.15 bits per heavy atom. The molecule has 4 aromatic rings. The molecule has 0 atom stereocenters. The van der Waals surface area contributed by atoms with Crippen molar-refractivity contribution in [1.29, 1.82) is 0 Å². The zero-order valence-corrected chi connectivity index (χ0v) is 42.4. The number of amides is 4. The smallest absolute Gasteiger partial charge is 0.186 e. The van der Waals surface area contributed by atoms with Crippen LogP contribution in [0.1, 0.15) is 22.5 Å². The summed E-state index contributed by atoms with van der Waals surface area (Å²) in [5.41, 5.74) is 3.65. The zero-order chi connectivity index (χ0) is 43.6. The molecule has 2 aliphatic heterocycles. The van der Waals surface area contributed by atoms with E-state index in [1.807, 2.05) is 13.8 Å². The molecule has 0 aliphatic carbocycles. The summed E-state index contributed by atoms with van der Waals surface area (Å²) in [6.07, 6.45) is 3.32. The minimum absolute atomic E-state index is 0. The maximum Gasteiger partial charge on any atom is 0.373 e. The molecule has 15 nitrogen and oxygen atoms in total. The van der Waals surface area contributed by atoms with Gasteiger partial charge in [0.05, 0.1) is 41.8 Å². The molecule has 4 amide bonds. The maximum atomic E-state index is 14.8. The molecule has 2 fully saturated rings. The van der Waals surface area contributed by atoms with Gasteiger partial charge in [-0.25, -0.2) is 18.4 Å². The number of benzene rings is 2. The van der Waals surface area contributed by atoms with E-state index in [0.717, 1.165) is 50.7 Å². The number of nitrogens with one attached hydrogen (secondary N) is 5. The number of likely N-dealkylation sites (N-methyl/N-ethyl adjacent to an activating group) is 2. The standard InChI is InChI=1S/C19H24FN5O.C14H14FN3O2.C5H12N2.CO2.I3.HI/c1-14-6-7-16(12-21-14)22-19(26)23-17-5-3-4-15(18(17)20)13-25-10-8-24(2)9-11-25;1-9-5-6-11(7-16-9)17-14(20)18-12-4-2-3-10(8-19)13(12)15;1-7-4-2-6-3-5-7;2-1-3;1-3-2;/h3-7,12H,8-11,13H2,1-2H3,(H2,22,23,26);2-7,19H,8H2,1H3,(H2,17,18,20);6H,2-5H2,1H3;;;1H/q;;;;-1;. The number of halogens is 6. The van der Waals surface area contributed by atoms with Crippen molar-refractivity contribution in [2.24, 2.45) is 0 Å². The van der Waals surface area contributed by atoms with Crippen LogP contribution in [0, 0.1) is 25.5 Å². The molecule has 2 saturated heterocycles. The van der Waals surface area contributed by atoms with E-state index in [1.54, 1.807) is 54.7 Å². The van der Waals surface area contributed by atoms with Crippen molar-refractivity contribution in [2.45, 2.75) is 27.0 Å². The van der Waals surface area contributed by atoms with Crippen LogP contribution in [0.4, 0.5) is 41.1 Å². The van der Waals surface area contributed by atoms with E-state index in [0.29, 0.717) is 36.7 Å². The molecule has 0 unspecified atom stereocenters. The minimum atomic E-state index is -0.646. The number of aryl methyl sites for hydroxylation is 2. The third-order valence-electron chi connectivity index (χ3n) is 8.49. The number of rotatable bonds is 7. The fourth-order valence-corrected chi connectivity index (χ4v) is 5.27. The number of aromatic nitrogens is 2. The van der Waals surface area contributed by atoms with E-state index < -0.39 is 24.5 Å². The molecular weight excluding hydrogens is 1230 g/mol. The van der Waals surface area contributed by atoms with Crippen LogP contribution in [-0.2, 0) is 22.7 Å². The topological polar surface area (TPSA) is 184 Å². The van der Waals surface area contributed by atoms with Crippen LogP contribution in [0.15, 0.2) is 73.1 Å². The summed E-state index contributed by atoms with van der Waals surface area (Å²) in [5.74, 6) is -1.03. The Balaban J connectivity index is 0.000000465. The molecule has 2 aromatic carbocycles. The fraction of sp³-hybridized carbons (Fsp3) is 0.359. The molecule has 0 bridgehead atoms. The molecular formula is C39H51F2I4N10O5-. The van der Waals surface area contributed by atoms with Gasteiger partial charge in [0.25, 0.3) is 0 Å². The van der Waals surface area contributed by atoms with E-state index in [-0.39, 0.29) is 52.9 Å². The Labute approximate surface area is 396 Å². The van der Waals surface area contributed by atoms with Gasteiger partial charge in [-0.2, -0.15) is 9.59 Å². The number of piperazine rings is 2. The second-order valence-corrected chi connectivity index (χ2v) is 29.3. The van der Waals surface area contributed by atoms with Crippen LogP contribution in [0.3, 0.4) is 0 Å². The van der Waals surface area contributed by atoms with Gasteiger partial charge in [0, 0.05) is 81.4 Å². The molecule has 0 radical (unpaired) electrons. The first kappa shape index (κ1) is 55.3. The molecule has 6 rings (SSSR count). The minimum Gasteiger partial charge on any atom is -0.186 e. The number of nitrogens with zero attached hydrogens (tertiary/aromatic N) is 5. The van der Waals surface area contributed by atoms with Crippen molar-refractivity contribution in [3.05, 3.63) is 107 Å². The molecule has 21 heteroatoms. The van der Waals surface area contributed by atoms with E-state index in [9.17, 15) is 18.4 Å². The molecule has 2 aliphatic rings. The Morgan fingerprint density at radius 3 is 1.53 bits per heavy atom. The van der Waals surface area contributed by atoms with Crippen molar-refractivity contribution in [3.63, 3.8) is 0 Å². The monoisotopic (exact) mass is 1290 g/mol. The van der Waals surface area contributed by atoms with Crippen LogP contribution in [0.2, 0.25) is 0 Å². The van der Waals surface area contributed by atoms with Gasteiger partial charge in [0.2, 0.25) is 0 Å². The molecule has 2 aromatic heterocycles. The molecule has 6 N–H and O–H groups in total. The predicted molar refractivity (Wildman–Crippen MR) is 254 cm³/mol. The number of aliphatic hydroxyl groups excluding tert-OH is 1. The molecule has 0 saturated carbocycles. The summed E-state index contributed by atoms with van der Waals surface area (Å²) in [6.45, 7) is 12.3. The van der Waals surface area contributed by atoms with Gasteiger partial charge in [0.15, 0.2) is 11.6 Å². The molecule has 60 heavy (non-hydrogen) atoms. The Hall–Kier alpha value is -2.76. The van der Waals surface area contributed by atoms with E-state index in [2.05, 4.69) is 103 Å². The largest absolute Gasteiger partial charge is 0.373 e. The first-order chi connectivity index (χ1) is 28.3. The molecule has 330 valence electrons. The predicted octanol–water partition coefficient (Wildman–Crippen LogP) is 3.92. The van der Waals surface area contributed by atoms with Crippen molar-refractivity contribution < 1.29 is 46.3 Å². The Morgan fingerprint density at radius 1 is 0.733 bits per heavy atom. The number of hydrogen-bond donors (Lipinski definition) is 6. The van der Waals surface area contributed by atoms with Crippen LogP contribution in [0.5, 0.6) is 0 Å². The van der Waals surface area contributed by atoms with Gasteiger partial charge in [-0.3, -0.25) is 14.9 Å². The first-order valence-electron chi connectivity index (χ1n) is 18.2. The number of carbonyl (C=O) groups is 2. The summed E-state index contributed by atoms with van der Waals surface area (Å²) < 4.78 is 28.6. The molecule has 0 spiro atoms. The maximum absolute atomic E-state index is 14.8. The van der Waals surface area contributed by atoms with Crippen molar-refractivity contribution in [3.8, 4) is 0 Å². The van der Waals surface area contributed by atoms with Gasteiger partial charge in [-0.15, -0.1) is 24.0 Å². The summed E-state index contributed by atoms with van der Waals surface area (Å²) in [7, 11) is 4.24. The number of pyridine rings is 2. The van der Waals surface area contributed by atoms with Crippen molar-refractivity contribution in [2.75, 3.05) is 87.7 Å². The van der Waals surface area contributed by atoms with Crippen LogP contribution in [0.25, 0.3) is 0 Å². The summed E-state index contributed by atoms with van der Waals surface area (Å²) >= 11 is 5.30. The average Bonchev–Trinajstić information content (AvgIpc) is 3.21. The normalized spacial score (nSPS) is 13.6. The Kier molecular flexibility index (Phi) is 29.5. The van der Waals surface area contributed by atoms with Crippen LogP contribution < -0.4 is 39.8 Å². The number of urea groups is 2. The summed E-state index contributed by atoms with van der Waals surface area (Å²) in [5, 5.41) is 22.4. The summed E-state index contributed by atoms with van der Waals surface area (Å²) in [6, 6.07) is 15.4. The number of anilines is 4. The zero-order valence-electron chi connectivity index (χ0n) is 33.6. The van der Waals surface area contributed by atoms with Crippen LogP contribution in [-0.4, -0.2) is 114 Å². The molecule has 4 heterocycles. The van der Waals surface area contributed by atoms with Gasteiger partial charge in [-0.1, -0.05) is 24.3 Å².